The molecule has 2 saturated heterocycles. The lowest BCUT2D eigenvalue weighted by molar-refractivity contribution is -0.150. The van der Waals surface area contributed by atoms with Gasteiger partial charge in [-0.15, -0.1) is 0 Å². The van der Waals surface area contributed by atoms with E-state index in [4.69, 9.17) is 9.47 Å². The van der Waals surface area contributed by atoms with Gasteiger partial charge in [-0.25, -0.2) is 0 Å². The normalized spacial score (nSPS) is 31.1. The van der Waals surface area contributed by atoms with Crippen molar-refractivity contribution in [1.29, 1.82) is 0 Å². The molecule has 0 saturated carbocycles. The molecule has 0 spiro atoms. The Balaban J connectivity index is 1.67. The Morgan fingerprint density at radius 2 is 2.12 bits per heavy atom. The molecule has 0 aliphatic carbocycles. The van der Waals surface area contributed by atoms with Crippen molar-refractivity contribution < 1.29 is 14.3 Å². The minimum atomic E-state index is -0.0515. The second-order valence-corrected chi connectivity index (χ2v) is 4.91. The highest BCUT2D eigenvalue weighted by Gasteiger charge is 2.45. The summed E-state index contributed by atoms with van der Waals surface area (Å²) < 4.78 is 11.0. The van der Waals surface area contributed by atoms with Crippen molar-refractivity contribution in [2.24, 2.45) is 5.92 Å². The van der Waals surface area contributed by atoms with Crippen LogP contribution < -0.4 is 0 Å². The first-order valence-corrected chi connectivity index (χ1v) is 6.79. The summed E-state index contributed by atoms with van der Waals surface area (Å²) in [5.41, 5.74) is 0. The molecule has 0 radical (unpaired) electrons. The molecule has 3 atom stereocenters. The molecule has 2 aliphatic heterocycles. The van der Waals surface area contributed by atoms with Gasteiger partial charge >= 0.3 is 5.97 Å². The Bertz CT molecular complexity index is 265. The quantitative estimate of drug-likeness (QED) is 0.660. The molecule has 4 heteroatoms. The molecule has 0 amide bonds. The highest BCUT2D eigenvalue weighted by molar-refractivity contribution is 5.73. The van der Waals surface area contributed by atoms with Crippen molar-refractivity contribution >= 4 is 5.97 Å². The second kappa shape index (κ2) is 5.83. The van der Waals surface area contributed by atoms with Gasteiger partial charge in [-0.2, -0.15) is 0 Å². The van der Waals surface area contributed by atoms with Crippen molar-refractivity contribution in [3.63, 3.8) is 0 Å². The van der Waals surface area contributed by atoms with E-state index >= 15 is 0 Å². The standard InChI is InChI=1S/C13H23NO3/c1-3-14(4-2)7-8-16-13(15)11-9-10-5-6-12(11)17-10/h10-12H,3-9H2,1-2H3. The molecule has 4 nitrogen and oxygen atoms in total. The van der Waals surface area contributed by atoms with E-state index in [0.717, 1.165) is 38.9 Å². The summed E-state index contributed by atoms with van der Waals surface area (Å²) in [5.74, 6) is -0.0465. The fourth-order valence-electron chi connectivity index (χ4n) is 2.81. The van der Waals surface area contributed by atoms with Crippen LogP contribution in [-0.2, 0) is 14.3 Å². The summed E-state index contributed by atoms with van der Waals surface area (Å²) in [5, 5.41) is 0. The first-order chi connectivity index (χ1) is 8.24. The van der Waals surface area contributed by atoms with Crippen LogP contribution in [0.5, 0.6) is 0 Å². The Morgan fingerprint density at radius 3 is 2.65 bits per heavy atom. The minimum absolute atomic E-state index is 0.00505. The molecular formula is C13H23NO3. The largest absolute Gasteiger partial charge is 0.464 e. The molecule has 2 aliphatic rings. The van der Waals surface area contributed by atoms with Gasteiger partial charge in [0.2, 0.25) is 0 Å². The number of nitrogens with zero attached hydrogens (tertiary/aromatic N) is 1. The minimum Gasteiger partial charge on any atom is -0.464 e. The van der Waals surface area contributed by atoms with Crippen LogP contribution in [0.1, 0.15) is 33.1 Å². The van der Waals surface area contributed by atoms with Crippen molar-refractivity contribution in [1.82, 2.24) is 4.90 Å². The molecule has 2 rings (SSSR count). The van der Waals surface area contributed by atoms with Gasteiger partial charge in [0, 0.05) is 6.54 Å². The summed E-state index contributed by atoms with van der Waals surface area (Å²) in [4.78, 5) is 14.1. The number of hydrogen-bond acceptors (Lipinski definition) is 4. The van der Waals surface area contributed by atoms with Crippen LogP contribution in [0.3, 0.4) is 0 Å². The summed E-state index contributed by atoms with van der Waals surface area (Å²) in [6.45, 7) is 7.59. The maximum Gasteiger partial charge on any atom is 0.311 e. The van der Waals surface area contributed by atoms with E-state index < -0.39 is 0 Å². The zero-order valence-corrected chi connectivity index (χ0v) is 10.9. The fourth-order valence-corrected chi connectivity index (χ4v) is 2.81. The van der Waals surface area contributed by atoms with E-state index in [1.54, 1.807) is 0 Å². The third-order valence-corrected chi connectivity index (χ3v) is 3.96. The summed E-state index contributed by atoms with van der Waals surface area (Å²) in [6, 6.07) is 0. The highest BCUT2D eigenvalue weighted by atomic mass is 16.5. The van der Waals surface area contributed by atoms with E-state index in [1.807, 2.05) is 0 Å². The van der Waals surface area contributed by atoms with Gasteiger partial charge in [0.25, 0.3) is 0 Å². The van der Waals surface area contributed by atoms with Gasteiger partial charge in [0.15, 0.2) is 0 Å². The fraction of sp³-hybridized carbons (Fsp3) is 0.923. The average molecular weight is 241 g/mol. The number of fused-ring (bicyclic) bond motifs is 2. The molecule has 98 valence electrons. The smallest absolute Gasteiger partial charge is 0.311 e. The molecule has 17 heavy (non-hydrogen) atoms. The number of rotatable bonds is 6. The predicted octanol–water partition coefficient (Wildman–Crippen LogP) is 1.44. The van der Waals surface area contributed by atoms with E-state index in [2.05, 4.69) is 18.7 Å². The lowest BCUT2D eigenvalue weighted by atomic mass is 9.89. The zero-order valence-electron chi connectivity index (χ0n) is 10.9. The van der Waals surface area contributed by atoms with Gasteiger partial charge in [-0.1, -0.05) is 13.8 Å². The summed E-state index contributed by atoms with van der Waals surface area (Å²) in [7, 11) is 0. The second-order valence-electron chi connectivity index (χ2n) is 4.91. The van der Waals surface area contributed by atoms with Gasteiger partial charge in [0.05, 0.1) is 18.1 Å². The number of carbonyl (C=O) groups excluding carboxylic acids is 1. The molecule has 0 aromatic heterocycles. The van der Waals surface area contributed by atoms with Crippen molar-refractivity contribution in [3.05, 3.63) is 0 Å². The molecule has 2 heterocycles. The van der Waals surface area contributed by atoms with Crippen molar-refractivity contribution in [2.45, 2.75) is 45.3 Å². The number of hydrogen-bond donors (Lipinski definition) is 0. The van der Waals surface area contributed by atoms with Gasteiger partial charge < -0.3 is 14.4 Å². The van der Waals surface area contributed by atoms with Crippen molar-refractivity contribution in [3.8, 4) is 0 Å². The third-order valence-electron chi connectivity index (χ3n) is 3.96. The van der Waals surface area contributed by atoms with Crippen LogP contribution in [0.2, 0.25) is 0 Å². The molecular weight excluding hydrogens is 218 g/mol. The molecule has 2 fully saturated rings. The Hall–Kier alpha value is -0.610. The maximum atomic E-state index is 11.9. The van der Waals surface area contributed by atoms with Crippen LogP contribution in [0.4, 0.5) is 0 Å². The number of carbonyl (C=O) groups is 1. The Labute approximate surface area is 103 Å². The van der Waals surface area contributed by atoms with Crippen LogP contribution in [0.25, 0.3) is 0 Å². The zero-order chi connectivity index (χ0) is 12.3. The van der Waals surface area contributed by atoms with Gasteiger partial charge in [0.1, 0.15) is 6.61 Å². The Kier molecular flexibility index (Phi) is 4.40. The van der Waals surface area contributed by atoms with Crippen LogP contribution in [0, 0.1) is 5.92 Å². The van der Waals surface area contributed by atoms with E-state index in [9.17, 15) is 4.79 Å². The van der Waals surface area contributed by atoms with E-state index in [1.165, 1.54) is 0 Å². The topological polar surface area (TPSA) is 38.8 Å². The number of likely N-dealkylation sites (N-methyl/N-ethyl adjacent to an activating group) is 1. The molecule has 2 bridgehead atoms. The summed E-state index contributed by atoms with van der Waals surface area (Å²) >= 11 is 0. The third kappa shape index (κ3) is 2.99. The van der Waals surface area contributed by atoms with Crippen molar-refractivity contribution in [2.75, 3.05) is 26.2 Å². The highest BCUT2D eigenvalue weighted by Crippen LogP contribution is 2.39. The molecule has 0 N–H and O–H groups in total. The first kappa shape index (κ1) is 12.8. The van der Waals surface area contributed by atoms with Crippen LogP contribution >= 0.6 is 0 Å². The molecule has 0 aromatic rings. The van der Waals surface area contributed by atoms with Crippen LogP contribution in [0.15, 0.2) is 0 Å². The maximum absolute atomic E-state index is 11.9. The summed E-state index contributed by atoms with van der Waals surface area (Å²) in [6.07, 6.45) is 3.48. The first-order valence-electron chi connectivity index (χ1n) is 6.79. The Morgan fingerprint density at radius 1 is 1.35 bits per heavy atom. The van der Waals surface area contributed by atoms with Gasteiger partial charge in [-0.05, 0) is 32.4 Å². The van der Waals surface area contributed by atoms with E-state index in [0.29, 0.717) is 12.7 Å². The predicted molar refractivity (Wildman–Crippen MR) is 64.7 cm³/mol. The average Bonchev–Trinajstić information content (AvgIpc) is 2.96. The van der Waals surface area contributed by atoms with E-state index in [-0.39, 0.29) is 18.0 Å². The monoisotopic (exact) mass is 241 g/mol. The lowest BCUT2D eigenvalue weighted by Crippen LogP contribution is -2.31. The van der Waals surface area contributed by atoms with Gasteiger partial charge in [-0.3, -0.25) is 4.79 Å². The molecule has 3 unspecified atom stereocenters. The lowest BCUT2D eigenvalue weighted by Gasteiger charge is -2.20. The SMILES string of the molecule is CCN(CC)CCOC(=O)C1CC2CCC1O2. The number of esters is 1. The van der Waals surface area contributed by atoms with Crippen LogP contribution in [-0.4, -0.2) is 49.3 Å². The number of ether oxygens (including phenoxy) is 2. The molecule has 0 aromatic carbocycles.